The summed E-state index contributed by atoms with van der Waals surface area (Å²) in [6.45, 7) is 0. The van der Waals surface area contributed by atoms with Crippen LogP contribution in [0.2, 0.25) is 0 Å². The van der Waals surface area contributed by atoms with Gasteiger partial charge in [0.05, 0.1) is 11.4 Å². The van der Waals surface area contributed by atoms with Crippen molar-refractivity contribution in [3.8, 4) is 5.75 Å². The van der Waals surface area contributed by atoms with Crippen LogP contribution >= 0.6 is 0 Å². The van der Waals surface area contributed by atoms with Crippen molar-refractivity contribution < 1.29 is 18.1 Å². The Labute approximate surface area is 178 Å². The third kappa shape index (κ3) is 4.32. The average molecular weight is 432 g/mol. The Hall–Kier alpha value is -3.95. The van der Waals surface area contributed by atoms with E-state index < -0.39 is 20.8 Å². The molecule has 154 valence electrons. The van der Waals surface area contributed by atoms with E-state index in [1.54, 1.807) is 72.8 Å². The van der Waals surface area contributed by atoms with Crippen molar-refractivity contribution in [1.82, 2.24) is 0 Å². The molecule has 31 heavy (non-hydrogen) atoms. The number of fused-ring (bicyclic) bond motifs is 1. The van der Waals surface area contributed by atoms with Gasteiger partial charge in [0.15, 0.2) is 4.90 Å². The van der Waals surface area contributed by atoms with Crippen molar-refractivity contribution in [2.45, 2.75) is 4.90 Å². The molecule has 4 rings (SSSR count). The fourth-order valence-corrected chi connectivity index (χ4v) is 3.74. The Morgan fingerprint density at radius 3 is 1.55 bits per heavy atom. The molecule has 0 bridgehead atoms. The van der Waals surface area contributed by atoms with Gasteiger partial charge in [0, 0.05) is 10.8 Å². The van der Waals surface area contributed by atoms with Crippen LogP contribution in [-0.2, 0) is 10.1 Å². The highest BCUT2D eigenvalue weighted by Gasteiger charge is 2.28. The van der Waals surface area contributed by atoms with E-state index in [-0.39, 0.29) is 16.8 Å². The van der Waals surface area contributed by atoms with E-state index >= 15 is 0 Å². The molecule has 0 radical (unpaired) electrons. The van der Waals surface area contributed by atoms with Gasteiger partial charge in [-0.15, -0.1) is 10.2 Å². The average Bonchev–Trinajstić information content (AvgIpc) is 2.78. The van der Waals surface area contributed by atoms with Crippen LogP contribution in [0.4, 0.5) is 22.7 Å². The lowest BCUT2D eigenvalue weighted by atomic mass is 10.1. The summed E-state index contributed by atoms with van der Waals surface area (Å²) in [6, 6.07) is 23.9. The molecule has 0 aliphatic rings. The Morgan fingerprint density at radius 2 is 1.03 bits per heavy atom. The summed E-state index contributed by atoms with van der Waals surface area (Å²) in [5, 5.41) is 27.7. The molecule has 0 aromatic heterocycles. The lowest BCUT2D eigenvalue weighted by Gasteiger charge is -2.12. The molecule has 0 heterocycles. The van der Waals surface area contributed by atoms with Crippen LogP contribution in [0.15, 0.2) is 110 Å². The van der Waals surface area contributed by atoms with E-state index in [0.717, 1.165) is 0 Å². The Balaban J connectivity index is 2.03. The van der Waals surface area contributed by atoms with Gasteiger partial charge in [0.2, 0.25) is 0 Å². The van der Waals surface area contributed by atoms with Crippen LogP contribution in [0.3, 0.4) is 0 Å². The first-order valence-corrected chi connectivity index (χ1v) is 10.6. The topological polar surface area (TPSA) is 124 Å². The number of nitrogens with zero attached hydrogens (tertiary/aromatic N) is 4. The molecule has 0 spiro atoms. The van der Waals surface area contributed by atoms with Gasteiger partial charge in [0.1, 0.15) is 17.1 Å². The molecule has 4 aromatic rings. The molecular formula is C22H16N4O4S. The first-order chi connectivity index (χ1) is 14.9. The van der Waals surface area contributed by atoms with E-state index in [2.05, 4.69) is 20.5 Å². The minimum atomic E-state index is -4.87. The van der Waals surface area contributed by atoms with Crippen LogP contribution in [0.5, 0.6) is 5.75 Å². The molecule has 8 nitrogen and oxygen atoms in total. The third-order valence-electron chi connectivity index (χ3n) is 4.39. The zero-order chi connectivity index (χ0) is 21.8. The summed E-state index contributed by atoms with van der Waals surface area (Å²) in [4.78, 5) is -0.784. The Bertz CT molecular complexity index is 1400. The van der Waals surface area contributed by atoms with Crippen LogP contribution < -0.4 is 0 Å². The molecule has 0 aliphatic heterocycles. The van der Waals surface area contributed by atoms with Crippen LogP contribution in [-0.4, -0.2) is 18.1 Å². The molecule has 0 saturated heterocycles. The maximum atomic E-state index is 12.2. The van der Waals surface area contributed by atoms with E-state index in [9.17, 15) is 18.1 Å². The van der Waals surface area contributed by atoms with E-state index in [1.807, 2.05) is 6.07 Å². The molecule has 0 unspecified atom stereocenters. The quantitative estimate of drug-likeness (QED) is 0.271. The predicted molar refractivity (Wildman–Crippen MR) is 117 cm³/mol. The Kier molecular flexibility index (Phi) is 5.52. The number of hydrogen-bond donors (Lipinski definition) is 2. The molecule has 0 saturated carbocycles. The van der Waals surface area contributed by atoms with Crippen LogP contribution in [0.25, 0.3) is 10.8 Å². The first-order valence-electron chi connectivity index (χ1n) is 9.14. The maximum absolute atomic E-state index is 12.2. The van der Waals surface area contributed by atoms with Gasteiger partial charge in [-0.05, 0) is 24.3 Å². The zero-order valence-electron chi connectivity index (χ0n) is 16.0. The smallest absolute Gasteiger partial charge is 0.300 e. The van der Waals surface area contributed by atoms with Crippen molar-refractivity contribution in [1.29, 1.82) is 0 Å². The molecule has 4 aromatic carbocycles. The van der Waals surface area contributed by atoms with Crippen LogP contribution in [0, 0.1) is 0 Å². The summed E-state index contributed by atoms with van der Waals surface area (Å²) in [5.74, 6) is -0.640. The second-order valence-corrected chi connectivity index (χ2v) is 7.83. The van der Waals surface area contributed by atoms with Crippen molar-refractivity contribution in [2.24, 2.45) is 20.5 Å². The van der Waals surface area contributed by atoms with Crippen molar-refractivity contribution in [3.63, 3.8) is 0 Å². The molecule has 0 fully saturated rings. The first kappa shape index (κ1) is 20.3. The summed E-state index contributed by atoms with van der Waals surface area (Å²) in [6.07, 6.45) is 0. The van der Waals surface area contributed by atoms with Crippen molar-refractivity contribution in [2.75, 3.05) is 0 Å². The highest BCUT2D eigenvalue weighted by Crippen LogP contribution is 2.48. The normalized spacial score (nSPS) is 12.2. The fourth-order valence-electron chi connectivity index (χ4n) is 3.01. The van der Waals surface area contributed by atoms with Gasteiger partial charge in [-0.2, -0.15) is 18.6 Å². The minimum Gasteiger partial charge on any atom is -0.506 e. The maximum Gasteiger partial charge on any atom is 0.300 e. The lowest BCUT2D eigenvalue weighted by molar-refractivity contribution is 0.448. The van der Waals surface area contributed by atoms with Gasteiger partial charge >= 0.3 is 10.1 Å². The van der Waals surface area contributed by atoms with Gasteiger partial charge < -0.3 is 5.11 Å². The van der Waals surface area contributed by atoms with Crippen molar-refractivity contribution in [3.05, 3.63) is 84.9 Å². The standard InChI is InChI=1S/C22H16N4O4S/c27-21-18-14-8-7-13-17(18)19(25-23-15-9-3-1-4-10-15)20(22(21)31(28,29)30)26-24-16-11-5-2-6-12-16/h1-14,27H,(H,28,29,30). The predicted octanol–water partition coefficient (Wildman–Crippen LogP) is 6.62. The highest BCUT2D eigenvalue weighted by molar-refractivity contribution is 7.86. The summed E-state index contributed by atoms with van der Waals surface area (Å²) in [7, 11) is -4.87. The minimum absolute atomic E-state index is 0.0459. The number of hydrogen-bond acceptors (Lipinski definition) is 7. The molecule has 0 atom stereocenters. The number of aromatic hydroxyl groups is 1. The largest absolute Gasteiger partial charge is 0.506 e. The zero-order valence-corrected chi connectivity index (χ0v) is 16.8. The van der Waals surface area contributed by atoms with Gasteiger partial charge in [-0.1, -0.05) is 60.7 Å². The van der Waals surface area contributed by atoms with Crippen molar-refractivity contribution >= 4 is 43.6 Å². The molecule has 0 aliphatic carbocycles. The molecular weight excluding hydrogens is 416 g/mol. The second-order valence-electron chi connectivity index (χ2n) is 6.47. The number of azo groups is 2. The van der Waals surface area contributed by atoms with E-state index in [1.165, 1.54) is 6.07 Å². The summed E-state index contributed by atoms with van der Waals surface area (Å²) >= 11 is 0. The monoisotopic (exact) mass is 432 g/mol. The highest BCUT2D eigenvalue weighted by atomic mass is 32.2. The second kappa shape index (κ2) is 8.42. The number of phenols is 1. The fraction of sp³-hybridized carbons (Fsp3) is 0. The molecule has 0 amide bonds. The molecule has 2 N–H and O–H groups in total. The number of benzene rings is 4. The summed E-state index contributed by atoms with van der Waals surface area (Å²) in [5.41, 5.74) is 0.702. The lowest BCUT2D eigenvalue weighted by Crippen LogP contribution is -2.00. The SMILES string of the molecule is O=S(=O)(O)c1c(N=Nc2ccccc2)c(N=Nc2ccccc2)c2ccccc2c1O. The summed E-state index contributed by atoms with van der Waals surface area (Å²) < 4.78 is 34.2. The van der Waals surface area contributed by atoms with E-state index in [0.29, 0.717) is 16.8 Å². The van der Waals surface area contributed by atoms with Gasteiger partial charge in [-0.25, -0.2) is 0 Å². The third-order valence-corrected chi connectivity index (χ3v) is 5.30. The molecule has 9 heteroatoms. The van der Waals surface area contributed by atoms with E-state index in [4.69, 9.17) is 0 Å². The van der Waals surface area contributed by atoms with Crippen LogP contribution in [0.1, 0.15) is 0 Å². The number of rotatable bonds is 5. The van der Waals surface area contributed by atoms with Gasteiger partial charge in [-0.3, -0.25) is 4.55 Å². The Morgan fingerprint density at radius 1 is 0.581 bits per heavy atom. The van der Waals surface area contributed by atoms with Gasteiger partial charge in [0.25, 0.3) is 0 Å². The number of phenolic OH excluding ortho intramolecular Hbond substituents is 1.